The molecule has 0 aliphatic carbocycles. The van der Waals surface area contributed by atoms with Gasteiger partial charge < -0.3 is 10.2 Å². The Balaban J connectivity index is 2.12. The first-order valence-corrected chi connectivity index (χ1v) is 7.70. The first kappa shape index (κ1) is 17.9. The first-order chi connectivity index (χ1) is 12.1. The van der Waals surface area contributed by atoms with Gasteiger partial charge >= 0.3 is 6.18 Å². The quantitative estimate of drug-likeness (QED) is 0.859. The van der Waals surface area contributed by atoms with Crippen molar-refractivity contribution in [3.05, 3.63) is 65.2 Å². The van der Waals surface area contributed by atoms with E-state index in [-0.39, 0.29) is 16.9 Å². The van der Waals surface area contributed by atoms with Crippen LogP contribution < -0.4 is 0 Å². The number of amides is 1. The van der Waals surface area contributed by atoms with E-state index in [0.29, 0.717) is 10.6 Å². The summed E-state index contributed by atoms with van der Waals surface area (Å²) in [4.78, 5) is 12.8. The molecule has 136 valence electrons. The second-order valence-corrected chi connectivity index (χ2v) is 5.99. The number of phenols is 1. The number of phenolic OH excluding ortho intramolecular Hbond substituents is 1. The van der Waals surface area contributed by atoms with Crippen LogP contribution in [0.25, 0.3) is 0 Å². The summed E-state index contributed by atoms with van der Waals surface area (Å²) in [6.45, 7) is 1.55. The predicted molar refractivity (Wildman–Crippen MR) is 87.5 cm³/mol. The minimum Gasteiger partial charge on any atom is -0.507 e. The summed E-state index contributed by atoms with van der Waals surface area (Å²) >= 11 is 0. The Bertz CT molecular complexity index is 881. The van der Waals surface area contributed by atoms with Crippen molar-refractivity contribution in [1.29, 1.82) is 0 Å². The average Bonchev–Trinajstić information content (AvgIpc) is 2.97. The molecule has 0 spiro atoms. The molecule has 2 aromatic carbocycles. The second kappa shape index (κ2) is 6.14. The van der Waals surface area contributed by atoms with E-state index in [2.05, 4.69) is 5.10 Å². The van der Waals surface area contributed by atoms with E-state index in [4.69, 9.17) is 0 Å². The number of aryl methyl sites for hydroxylation is 1. The molecule has 1 unspecified atom stereocenters. The normalized spacial score (nSPS) is 20.2. The molecule has 3 rings (SSSR count). The van der Waals surface area contributed by atoms with Crippen LogP contribution in [0.2, 0.25) is 0 Å². The number of carbonyl (C=O) groups excluding carboxylic acids is 1. The lowest BCUT2D eigenvalue weighted by molar-refractivity contribution is -0.0816. The van der Waals surface area contributed by atoms with E-state index in [9.17, 15) is 28.2 Å². The predicted octanol–water partition coefficient (Wildman–Crippen LogP) is 3.31. The number of alkyl halides is 3. The second-order valence-electron chi connectivity index (χ2n) is 5.99. The van der Waals surface area contributed by atoms with Crippen molar-refractivity contribution in [2.24, 2.45) is 5.10 Å². The third-order valence-corrected chi connectivity index (χ3v) is 4.21. The zero-order valence-electron chi connectivity index (χ0n) is 13.7. The molecule has 1 aliphatic rings. The summed E-state index contributed by atoms with van der Waals surface area (Å²) in [7, 11) is 0. The summed E-state index contributed by atoms with van der Waals surface area (Å²) in [5.74, 6) is -1.40. The molecule has 1 heterocycles. The fourth-order valence-electron chi connectivity index (χ4n) is 2.79. The third kappa shape index (κ3) is 2.92. The highest BCUT2D eigenvalue weighted by molar-refractivity contribution is 6.01. The largest absolute Gasteiger partial charge is 0.507 e. The van der Waals surface area contributed by atoms with Crippen LogP contribution in [0, 0.1) is 6.92 Å². The number of benzene rings is 2. The molecule has 1 amide bonds. The standard InChI is InChI=1S/C18H15F3N2O3/c1-11-6-5-9-13(15(11)24)16(25)23-17(26,12-7-3-2-4-8-12)10-14(22-23)18(19,20)21/h2-9,24,26H,10H2,1H3. The van der Waals surface area contributed by atoms with Crippen LogP contribution in [0.5, 0.6) is 5.75 Å². The number of aliphatic hydroxyl groups is 1. The maximum atomic E-state index is 13.2. The van der Waals surface area contributed by atoms with Crippen LogP contribution in [0.1, 0.15) is 27.9 Å². The van der Waals surface area contributed by atoms with Crippen LogP contribution in [-0.2, 0) is 5.72 Å². The molecule has 1 aliphatic heterocycles. The van der Waals surface area contributed by atoms with Crippen molar-refractivity contribution in [2.75, 3.05) is 0 Å². The Labute approximate surface area is 147 Å². The van der Waals surface area contributed by atoms with E-state index in [1.165, 1.54) is 36.4 Å². The lowest BCUT2D eigenvalue weighted by atomic mass is 9.96. The van der Waals surface area contributed by atoms with Crippen molar-refractivity contribution >= 4 is 11.6 Å². The van der Waals surface area contributed by atoms with Crippen LogP contribution in [0.15, 0.2) is 53.6 Å². The van der Waals surface area contributed by atoms with Gasteiger partial charge in [-0.15, -0.1) is 0 Å². The summed E-state index contributed by atoms with van der Waals surface area (Å²) in [5.41, 5.74) is -3.36. The number of aromatic hydroxyl groups is 1. The fraction of sp³-hybridized carbons (Fsp3) is 0.222. The molecule has 5 nitrogen and oxygen atoms in total. The molecule has 26 heavy (non-hydrogen) atoms. The molecule has 8 heteroatoms. The van der Waals surface area contributed by atoms with E-state index < -0.39 is 29.9 Å². The molecule has 0 aromatic heterocycles. The van der Waals surface area contributed by atoms with Crippen molar-refractivity contribution < 1.29 is 28.2 Å². The molecule has 0 saturated carbocycles. The Kier molecular flexibility index (Phi) is 4.23. The summed E-state index contributed by atoms with van der Waals surface area (Å²) in [6, 6.07) is 11.8. The topological polar surface area (TPSA) is 73.1 Å². The molecular formula is C18H15F3N2O3. The minimum atomic E-state index is -4.80. The van der Waals surface area contributed by atoms with Gasteiger partial charge in [0.2, 0.25) is 0 Å². The number of nitrogens with zero attached hydrogens (tertiary/aromatic N) is 2. The number of carbonyl (C=O) groups is 1. The number of hydrogen-bond acceptors (Lipinski definition) is 4. The van der Waals surface area contributed by atoms with Gasteiger partial charge in [0.1, 0.15) is 11.5 Å². The van der Waals surface area contributed by atoms with Gasteiger partial charge in [0.05, 0.1) is 12.0 Å². The van der Waals surface area contributed by atoms with Crippen molar-refractivity contribution in [3.63, 3.8) is 0 Å². The molecule has 0 saturated heterocycles. The SMILES string of the molecule is Cc1cccc(C(=O)N2N=C(C(F)(F)F)CC2(O)c2ccccc2)c1O. The van der Waals surface area contributed by atoms with Gasteiger partial charge in [0, 0.05) is 5.56 Å². The molecule has 0 radical (unpaired) electrons. The highest BCUT2D eigenvalue weighted by Gasteiger charge is 2.53. The minimum absolute atomic E-state index is 0.0866. The van der Waals surface area contributed by atoms with Gasteiger partial charge in [0.15, 0.2) is 5.72 Å². The van der Waals surface area contributed by atoms with Gasteiger partial charge in [-0.25, -0.2) is 0 Å². The Hall–Kier alpha value is -2.87. The number of para-hydroxylation sites is 1. The van der Waals surface area contributed by atoms with Crippen molar-refractivity contribution in [3.8, 4) is 5.75 Å². The van der Waals surface area contributed by atoms with Crippen LogP contribution in [0.4, 0.5) is 13.2 Å². The molecule has 0 fully saturated rings. The number of rotatable bonds is 2. The van der Waals surface area contributed by atoms with Gasteiger partial charge in [0.25, 0.3) is 5.91 Å². The molecule has 2 aromatic rings. The van der Waals surface area contributed by atoms with E-state index in [0.717, 1.165) is 0 Å². The maximum Gasteiger partial charge on any atom is 0.431 e. The monoisotopic (exact) mass is 364 g/mol. The third-order valence-electron chi connectivity index (χ3n) is 4.21. The van der Waals surface area contributed by atoms with E-state index in [1.807, 2.05) is 0 Å². The molecule has 2 N–H and O–H groups in total. The number of hydrogen-bond donors (Lipinski definition) is 2. The summed E-state index contributed by atoms with van der Waals surface area (Å²) < 4.78 is 39.5. The Morgan fingerprint density at radius 1 is 1.15 bits per heavy atom. The van der Waals surface area contributed by atoms with Crippen LogP contribution in [0.3, 0.4) is 0 Å². The van der Waals surface area contributed by atoms with E-state index in [1.54, 1.807) is 19.1 Å². The molecule has 1 atom stereocenters. The first-order valence-electron chi connectivity index (χ1n) is 7.70. The van der Waals surface area contributed by atoms with Gasteiger partial charge in [-0.2, -0.15) is 23.3 Å². The number of halogens is 3. The van der Waals surface area contributed by atoms with Gasteiger partial charge in [-0.05, 0) is 18.6 Å². The lowest BCUT2D eigenvalue weighted by Crippen LogP contribution is -2.43. The lowest BCUT2D eigenvalue weighted by Gasteiger charge is -2.31. The maximum absolute atomic E-state index is 13.2. The van der Waals surface area contributed by atoms with Crippen molar-refractivity contribution in [2.45, 2.75) is 25.2 Å². The van der Waals surface area contributed by atoms with Gasteiger partial charge in [-0.3, -0.25) is 4.79 Å². The summed E-state index contributed by atoms with van der Waals surface area (Å²) in [5, 5.41) is 24.8. The fourth-order valence-corrected chi connectivity index (χ4v) is 2.79. The molecule has 0 bridgehead atoms. The zero-order chi connectivity index (χ0) is 19.1. The van der Waals surface area contributed by atoms with Crippen LogP contribution in [-0.4, -0.2) is 33.0 Å². The number of hydrazone groups is 1. The molecular weight excluding hydrogens is 349 g/mol. The van der Waals surface area contributed by atoms with Crippen molar-refractivity contribution in [1.82, 2.24) is 5.01 Å². The summed E-state index contributed by atoms with van der Waals surface area (Å²) in [6.07, 6.45) is -5.70. The van der Waals surface area contributed by atoms with E-state index >= 15 is 0 Å². The average molecular weight is 364 g/mol. The smallest absolute Gasteiger partial charge is 0.431 e. The zero-order valence-corrected chi connectivity index (χ0v) is 13.7. The highest BCUT2D eigenvalue weighted by Crippen LogP contribution is 2.41. The Morgan fingerprint density at radius 3 is 2.42 bits per heavy atom. The highest BCUT2D eigenvalue weighted by atomic mass is 19.4. The Morgan fingerprint density at radius 2 is 1.81 bits per heavy atom. The van der Waals surface area contributed by atoms with Crippen LogP contribution >= 0.6 is 0 Å². The van der Waals surface area contributed by atoms with Gasteiger partial charge in [-0.1, -0.05) is 42.5 Å².